The number of halogens is 1. The molecule has 148 valence electrons. The molecule has 0 aliphatic heterocycles. The quantitative estimate of drug-likeness (QED) is 0.494. The molecule has 0 aliphatic rings. The van der Waals surface area contributed by atoms with Gasteiger partial charge in [-0.05, 0) is 64.5 Å². The van der Waals surface area contributed by atoms with E-state index in [0.29, 0.717) is 15.7 Å². The number of benzene rings is 3. The second-order valence-corrected chi connectivity index (χ2v) is 8.42. The van der Waals surface area contributed by atoms with Gasteiger partial charge in [0.2, 0.25) is 0 Å². The minimum atomic E-state index is -3.78. The fourth-order valence-corrected chi connectivity index (χ4v) is 3.93. The zero-order chi connectivity index (χ0) is 20.9. The molecule has 0 atom stereocenters. The smallest absolute Gasteiger partial charge is 0.270 e. The highest BCUT2D eigenvalue weighted by Gasteiger charge is 2.16. The topological polar surface area (TPSA) is 104 Å². The van der Waals surface area contributed by atoms with Crippen LogP contribution in [-0.2, 0) is 10.0 Å². The summed E-state index contributed by atoms with van der Waals surface area (Å²) in [7, 11) is -3.78. The average Bonchev–Trinajstić information content (AvgIpc) is 2.72. The molecule has 0 fully saturated rings. The SMILES string of the molecule is O=C(NNC(=O)c1ccccc1Br)c1ccc(S(=O)(=O)Nc2ccccc2)cc1. The summed E-state index contributed by atoms with van der Waals surface area (Å²) in [6.45, 7) is 0. The van der Waals surface area contributed by atoms with Crippen molar-refractivity contribution in [2.45, 2.75) is 4.90 Å². The third-order valence-electron chi connectivity index (χ3n) is 3.86. The Labute approximate surface area is 176 Å². The highest BCUT2D eigenvalue weighted by molar-refractivity contribution is 9.10. The lowest BCUT2D eigenvalue weighted by Gasteiger charge is -2.10. The van der Waals surface area contributed by atoms with Gasteiger partial charge in [0.25, 0.3) is 21.8 Å². The van der Waals surface area contributed by atoms with Crippen molar-refractivity contribution in [1.29, 1.82) is 0 Å². The molecule has 0 bridgehead atoms. The highest BCUT2D eigenvalue weighted by Crippen LogP contribution is 2.17. The molecule has 3 rings (SSSR count). The van der Waals surface area contributed by atoms with Gasteiger partial charge in [-0.2, -0.15) is 0 Å². The Kier molecular flexibility index (Phi) is 6.30. The Morgan fingerprint density at radius 1 is 0.724 bits per heavy atom. The van der Waals surface area contributed by atoms with Crippen LogP contribution in [0.2, 0.25) is 0 Å². The Morgan fingerprint density at radius 3 is 1.97 bits per heavy atom. The second-order valence-electron chi connectivity index (χ2n) is 5.88. The first-order chi connectivity index (χ1) is 13.9. The van der Waals surface area contributed by atoms with Crippen molar-refractivity contribution in [2.75, 3.05) is 4.72 Å². The van der Waals surface area contributed by atoms with Crippen LogP contribution in [0, 0.1) is 0 Å². The van der Waals surface area contributed by atoms with E-state index in [-0.39, 0.29) is 10.5 Å². The Hall–Kier alpha value is -3.17. The summed E-state index contributed by atoms with van der Waals surface area (Å²) in [6, 6.07) is 20.6. The summed E-state index contributed by atoms with van der Waals surface area (Å²) in [6.07, 6.45) is 0. The zero-order valence-corrected chi connectivity index (χ0v) is 17.3. The first-order valence-corrected chi connectivity index (χ1v) is 10.7. The minimum Gasteiger partial charge on any atom is -0.280 e. The van der Waals surface area contributed by atoms with Crippen molar-refractivity contribution in [3.63, 3.8) is 0 Å². The van der Waals surface area contributed by atoms with Gasteiger partial charge in [-0.3, -0.25) is 25.2 Å². The van der Waals surface area contributed by atoms with Crippen molar-refractivity contribution in [3.05, 3.63) is 94.5 Å². The standard InChI is InChI=1S/C20H16BrN3O4S/c21-18-9-5-4-8-17(18)20(26)23-22-19(25)14-10-12-16(13-11-14)29(27,28)24-15-6-2-1-3-7-15/h1-13,24H,(H,22,25)(H,23,26). The molecule has 3 N–H and O–H groups in total. The number of amides is 2. The molecule has 2 amide bonds. The lowest BCUT2D eigenvalue weighted by molar-refractivity contribution is 0.0846. The van der Waals surface area contributed by atoms with Crippen LogP contribution >= 0.6 is 15.9 Å². The number of nitrogens with one attached hydrogen (secondary N) is 3. The van der Waals surface area contributed by atoms with E-state index in [1.54, 1.807) is 54.6 Å². The van der Waals surface area contributed by atoms with Gasteiger partial charge in [0, 0.05) is 15.7 Å². The number of carbonyl (C=O) groups excluding carboxylic acids is 2. The van der Waals surface area contributed by atoms with Gasteiger partial charge in [-0.25, -0.2) is 8.42 Å². The molecule has 0 aliphatic carbocycles. The van der Waals surface area contributed by atoms with Crippen LogP contribution in [-0.4, -0.2) is 20.2 Å². The number of sulfonamides is 1. The van der Waals surface area contributed by atoms with E-state index < -0.39 is 21.8 Å². The minimum absolute atomic E-state index is 0.00940. The van der Waals surface area contributed by atoms with Crippen LogP contribution in [0.5, 0.6) is 0 Å². The molecule has 0 radical (unpaired) electrons. The summed E-state index contributed by atoms with van der Waals surface area (Å²) in [4.78, 5) is 24.3. The molecular formula is C20H16BrN3O4S. The van der Waals surface area contributed by atoms with Gasteiger partial charge >= 0.3 is 0 Å². The monoisotopic (exact) mass is 473 g/mol. The lowest BCUT2D eigenvalue weighted by atomic mass is 10.2. The van der Waals surface area contributed by atoms with E-state index in [9.17, 15) is 18.0 Å². The number of para-hydroxylation sites is 1. The molecule has 0 saturated carbocycles. The van der Waals surface area contributed by atoms with Crippen LogP contribution in [0.15, 0.2) is 88.2 Å². The largest absolute Gasteiger partial charge is 0.280 e. The summed E-state index contributed by atoms with van der Waals surface area (Å²) in [5.74, 6) is -1.07. The third kappa shape index (κ3) is 5.21. The average molecular weight is 474 g/mol. The van der Waals surface area contributed by atoms with Crippen LogP contribution in [0.1, 0.15) is 20.7 Å². The molecule has 29 heavy (non-hydrogen) atoms. The predicted octanol–water partition coefficient (Wildman–Crippen LogP) is 3.32. The van der Waals surface area contributed by atoms with Crippen molar-refractivity contribution >= 4 is 43.5 Å². The number of hydrogen-bond donors (Lipinski definition) is 3. The van der Waals surface area contributed by atoms with Crippen LogP contribution in [0.3, 0.4) is 0 Å². The summed E-state index contributed by atoms with van der Waals surface area (Å²) < 4.78 is 27.9. The molecule has 7 nitrogen and oxygen atoms in total. The molecular weight excluding hydrogens is 458 g/mol. The first-order valence-electron chi connectivity index (χ1n) is 8.40. The van der Waals surface area contributed by atoms with Gasteiger partial charge in [0.05, 0.1) is 10.5 Å². The van der Waals surface area contributed by atoms with Gasteiger partial charge in [-0.15, -0.1) is 0 Å². The van der Waals surface area contributed by atoms with E-state index in [2.05, 4.69) is 31.5 Å². The van der Waals surface area contributed by atoms with E-state index in [1.807, 2.05) is 0 Å². The predicted molar refractivity (Wildman–Crippen MR) is 113 cm³/mol. The van der Waals surface area contributed by atoms with E-state index in [0.717, 1.165) is 0 Å². The molecule has 3 aromatic rings. The normalized spacial score (nSPS) is 10.8. The Balaban J connectivity index is 1.64. The van der Waals surface area contributed by atoms with Crippen LogP contribution in [0.25, 0.3) is 0 Å². The molecule has 9 heteroatoms. The number of carbonyl (C=O) groups is 2. The highest BCUT2D eigenvalue weighted by atomic mass is 79.9. The molecule has 3 aromatic carbocycles. The van der Waals surface area contributed by atoms with Gasteiger partial charge in [0.15, 0.2) is 0 Å². The summed E-state index contributed by atoms with van der Waals surface area (Å²) in [5, 5.41) is 0. The van der Waals surface area contributed by atoms with Gasteiger partial charge < -0.3 is 0 Å². The van der Waals surface area contributed by atoms with Crippen LogP contribution in [0.4, 0.5) is 5.69 Å². The maximum absolute atomic E-state index is 12.4. The van der Waals surface area contributed by atoms with Gasteiger partial charge in [0.1, 0.15) is 0 Å². The van der Waals surface area contributed by atoms with Gasteiger partial charge in [-0.1, -0.05) is 30.3 Å². The third-order valence-corrected chi connectivity index (χ3v) is 5.95. The Bertz CT molecular complexity index is 1130. The maximum Gasteiger partial charge on any atom is 0.270 e. The molecule has 0 heterocycles. The molecule has 0 spiro atoms. The fraction of sp³-hybridized carbons (Fsp3) is 0. The van der Waals surface area contributed by atoms with Crippen molar-refractivity contribution in [1.82, 2.24) is 10.9 Å². The van der Waals surface area contributed by atoms with E-state index in [4.69, 9.17) is 0 Å². The molecule has 0 saturated heterocycles. The number of hydrazine groups is 1. The van der Waals surface area contributed by atoms with Crippen LogP contribution < -0.4 is 15.6 Å². The Morgan fingerprint density at radius 2 is 1.31 bits per heavy atom. The molecule has 0 aromatic heterocycles. The first kappa shape index (κ1) is 20.6. The fourth-order valence-electron chi connectivity index (χ4n) is 2.40. The maximum atomic E-state index is 12.4. The summed E-state index contributed by atoms with van der Waals surface area (Å²) in [5.41, 5.74) is 5.60. The van der Waals surface area contributed by atoms with Crippen molar-refractivity contribution in [3.8, 4) is 0 Å². The number of anilines is 1. The zero-order valence-electron chi connectivity index (χ0n) is 14.9. The number of hydrogen-bond acceptors (Lipinski definition) is 4. The van der Waals surface area contributed by atoms with E-state index in [1.165, 1.54) is 24.3 Å². The van der Waals surface area contributed by atoms with Crippen molar-refractivity contribution in [2.24, 2.45) is 0 Å². The molecule has 0 unspecified atom stereocenters. The number of rotatable bonds is 5. The van der Waals surface area contributed by atoms with Crippen molar-refractivity contribution < 1.29 is 18.0 Å². The summed E-state index contributed by atoms with van der Waals surface area (Å²) >= 11 is 3.26. The van der Waals surface area contributed by atoms with E-state index >= 15 is 0 Å². The lowest BCUT2D eigenvalue weighted by Crippen LogP contribution is -2.41. The second kappa shape index (κ2) is 8.89.